The summed E-state index contributed by atoms with van der Waals surface area (Å²) in [6, 6.07) is 4.77. The van der Waals surface area contributed by atoms with Crippen LogP contribution in [0.25, 0.3) is 0 Å². The van der Waals surface area contributed by atoms with Gasteiger partial charge in [-0.2, -0.15) is 0 Å². The maximum Gasteiger partial charge on any atom is 0.146 e. The van der Waals surface area contributed by atoms with E-state index >= 15 is 0 Å². The van der Waals surface area contributed by atoms with Crippen molar-refractivity contribution in [2.24, 2.45) is 5.73 Å². The monoisotopic (exact) mass is 240 g/mol. The molecule has 0 aliphatic rings. The standard InChI is InChI=1S/C13H21FN2O/c1-3-16(8-5-9-17)13-11(10(2)15)6-4-7-12(13)14/h4,6-7,10,17H,3,5,8-9,15H2,1-2H3/t10-/m0/s1. The summed E-state index contributed by atoms with van der Waals surface area (Å²) in [6.45, 7) is 5.25. The smallest absolute Gasteiger partial charge is 0.146 e. The van der Waals surface area contributed by atoms with Gasteiger partial charge in [0.15, 0.2) is 0 Å². The zero-order valence-electron chi connectivity index (χ0n) is 10.5. The van der Waals surface area contributed by atoms with E-state index in [0.29, 0.717) is 25.2 Å². The molecule has 0 amide bonds. The second kappa shape index (κ2) is 6.57. The molecule has 0 aliphatic carbocycles. The lowest BCUT2D eigenvalue weighted by Gasteiger charge is -2.27. The van der Waals surface area contributed by atoms with Gasteiger partial charge in [-0.3, -0.25) is 0 Å². The molecule has 0 fully saturated rings. The third-order valence-corrected chi connectivity index (χ3v) is 2.79. The molecule has 0 bridgehead atoms. The number of aliphatic hydroxyl groups excluding tert-OH is 1. The molecule has 3 N–H and O–H groups in total. The van der Waals surface area contributed by atoms with Crippen molar-refractivity contribution in [1.82, 2.24) is 0 Å². The Labute approximate surface area is 102 Å². The van der Waals surface area contributed by atoms with Gasteiger partial charge < -0.3 is 15.7 Å². The summed E-state index contributed by atoms with van der Waals surface area (Å²) in [5.41, 5.74) is 7.24. The molecule has 1 aromatic carbocycles. The number of nitrogens with two attached hydrogens (primary N) is 1. The highest BCUT2D eigenvalue weighted by molar-refractivity contribution is 5.56. The maximum atomic E-state index is 13.9. The van der Waals surface area contributed by atoms with Crippen LogP contribution in [0.1, 0.15) is 31.9 Å². The average molecular weight is 240 g/mol. The molecular weight excluding hydrogens is 219 g/mol. The molecule has 1 atom stereocenters. The number of aliphatic hydroxyl groups is 1. The van der Waals surface area contributed by atoms with Crippen molar-refractivity contribution >= 4 is 5.69 Å². The third kappa shape index (κ3) is 3.41. The Hall–Kier alpha value is -1.13. The quantitative estimate of drug-likeness (QED) is 0.800. The summed E-state index contributed by atoms with van der Waals surface area (Å²) in [5.74, 6) is -0.250. The van der Waals surface area contributed by atoms with E-state index in [1.807, 2.05) is 24.8 Å². The van der Waals surface area contributed by atoms with Gasteiger partial charge >= 0.3 is 0 Å². The van der Waals surface area contributed by atoms with Crippen LogP contribution in [0.3, 0.4) is 0 Å². The third-order valence-electron chi connectivity index (χ3n) is 2.79. The number of para-hydroxylation sites is 1. The van der Waals surface area contributed by atoms with Crippen LogP contribution < -0.4 is 10.6 Å². The number of rotatable bonds is 6. The summed E-state index contributed by atoms with van der Waals surface area (Å²) in [5, 5.41) is 8.86. The van der Waals surface area contributed by atoms with Crippen molar-refractivity contribution in [3.63, 3.8) is 0 Å². The first-order valence-electron chi connectivity index (χ1n) is 6.01. The first-order valence-corrected chi connectivity index (χ1v) is 6.01. The Morgan fingerprint density at radius 1 is 1.47 bits per heavy atom. The number of hydrogen-bond donors (Lipinski definition) is 2. The fourth-order valence-corrected chi connectivity index (χ4v) is 1.92. The van der Waals surface area contributed by atoms with Crippen LogP contribution in [0.2, 0.25) is 0 Å². The van der Waals surface area contributed by atoms with Crippen LogP contribution in [0.5, 0.6) is 0 Å². The molecule has 3 nitrogen and oxygen atoms in total. The van der Waals surface area contributed by atoms with Crippen LogP contribution in [0.4, 0.5) is 10.1 Å². The van der Waals surface area contributed by atoms with E-state index in [9.17, 15) is 4.39 Å². The predicted octanol–water partition coefficient (Wildman–Crippen LogP) is 2.05. The van der Waals surface area contributed by atoms with E-state index in [0.717, 1.165) is 5.56 Å². The van der Waals surface area contributed by atoms with Gasteiger partial charge in [0.1, 0.15) is 5.82 Å². The number of hydrogen-bond acceptors (Lipinski definition) is 3. The zero-order chi connectivity index (χ0) is 12.8. The summed E-state index contributed by atoms with van der Waals surface area (Å²) in [4.78, 5) is 1.92. The van der Waals surface area contributed by atoms with Crippen molar-refractivity contribution in [2.75, 3.05) is 24.6 Å². The lowest BCUT2D eigenvalue weighted by molar-refractivity contribution is 0.289. The SMILES string of the molecule is CCN(CCCO)c1c(F)cccc1[C@H](C)N. The fraction of sp³-hybridized carbons (Fsp3) is 0.538. The Morgan fingerprint density at radius 3 is 2.71 bits per heavy atom. The van der Waals surface area contributed by atoms with E-state index in [1.165, 1.54) is 6.07 Å². The first kappa shape index (κ1) is 13.9. The van der Waals surface area contributed by atoms with Gasteiger partial charge in [0.25, 0.3) is 0 Å². The van der Waals surface area contributed by atoms with Crippen molar-refractivity contribution in [3.05, 3.63) is 29.6 Å². The van der Waals surface area contributed by atoms with Gasteiger partial charge in [-0.05, 0) is 31.9 Å². The number of anilines is 1. The molecule has 17 heavy (non-hydrogen) atoms. The van der Waals surface area contributed by atoms with E-state index in [1.54, 1.807) is 6.07 Å². The minimum atomic E-state index is -0.250. The Bertz CT molecular complexity index is 355. The van der Waals surface area contributed by atoms with Crippen molar-refractivity contribution in [2.45, 2.75) is 26.3 Å². The summed E-state index contributed by atoms with van der Waals surface area (Å²) < 4.78 is 13.9. The van der Waals surface area contributed by atoms with Crippen molar-refractivity contribution in [1.29, 1.82) is 0 Å². The van der Waals surface area contributed by atoms with Crippen molar-refractivity contribution < 1.29 is 9.50 Å². The van der Waals surface area contributed by atoms with Crippen LogP contribution >= 0.6 is 0 Å². The van der Waals surface area contributed by atoms with Crippen molar-refractivity contribution in [3.8, 4) is 0 Å². The molecular formula is C13H21FN2O. The molecule has 96 valence electrons. The predicted molar refractivity (Wildman–Crippen MR) is 68.6 cm³/mol. The molecule has 0 spiro atoms. The van der Waals surface area contributed by atoms with Gasteiger partial charge in [-0.25, -0.2) is 4.39 Å². The highest BCUT2D eigenvalue weighted by Gasteiger charge is 2.16. The molecule has 1 aromatic rings. The molecule has 0 unspecified atom stereocenters. The van der Waals surface area contributed by atoms with E-state index in [2.05, 4.69) is 0 Å². The first-order chi connectivity index (χ1) is 8.11. The van der Waals surface area contributed by atoms with Crippen LogP contribution in [-0.4, -0.2) is 24.8 Å². The minimum absolute atomic E-state index is 0.110. The second-order valence-electron chi connectivity index (χ2n) is 4.12. The number of nitrogens with zero attached hydrogens (tertiary/aromatic N) is 1. The highest BCUT2D eigenvalue weighted by Crippen LogP contribution is 2.28. The van der Waals surface area contributed by atoms with E-state index < -0.39 is 0 Å². The fourth-order valence-electron chi connectivity index (χ4n) is 1.92. The number of benzene rings is 1. The van der Waals surface area contributed by atoms with Gasteiger partial charge in [-0.15, -0.1) is 0 Å². The van der Waals surface area contributed by atoms with Crippen LogP contribution in [0, 0.1) is 5.82 Å². The van der Waals surface area contributed by atoms with Crippen LogP contribution in [-0.2, 0) is 0 Å². The van der Waals surface area contributed by atoms with E-state index in [-0.39, 0.29) is 18.5 Å². The summed E-state index contributed by atoms with van der Waals surface area (Å²) >= 11 is 0. The normalized spacial score (nSPS) is 12.5. The molecule has 0 aromatic heterocycles. The lowest BCUT2D eigenvalue weighted by Crippen LogP contribution is -2.28. The highest BCUT2D eigenvalue weighted by atomic mass is 19.1. The molecule has 0 radical (unpaired) electrons. The van der Waals surface area contributed by atoms with E-state index in [4.69, 9.17) is 10.8 Å². The largest absolute Gasteiger partial charge is 0.396 e. The minimum Gasteiger partial charge on any atom is -0.396 e. The van der Waals surface area contributed by atoms with Gasteiger partial charge in [0.05, 0.1) is 5.69 Å². The zero-order valence-corrected chi connectivity index (χ0v) is 10.5. The molecule has 0 saturated heterocycles. The van der Waals surface area contributed by atoms with Gasteiger partial charge in [-0.1, -0.05) is 12.1 Å². The Kier molecular flexibility index (Phi) is 5.38. The second-order valence-corrected chi connectivity index (χ2v) is 4.12. The topological polar surface area (TPSA) is 49.5 Å². The summed E-state index contributed by atoms with van der Waals surface area (Å²) in [6.07, 6.45) is 0.626. The van der Waals surface area contributed by atoms with Gasteiger partial charge in [0.2, 0.25) is 0 Å². The Balaban J connectivity index is 3.07. The summed E-state index contributed by atoms with van der Waals surface area (Å²) in [7, 11) is 0. The molecule has 4 heteroatoms. The Morgan fingerprint density at radius 2 is 2.18 bits per heavy atom. The lowest BCUT2D eigenvalue weighted by atomic mass is 10.1. The molecule has 0 heterocycles. The van der Waals surface area contributed by atoms with Gasteiger partial charge in [0, 0.05) is 25.7 Å². The maximum absolute atomic E-state index is 13.9. The van der Waals surface area contributed by atoms with Crippen LogP contribution in [0.15, 0.2) is 18.2 Å². The molecule has 0 aliphatic heterocycles. The molecule has 1 rings (SSSR count). The average Bonchev–Trinajstić information content (AvgIpc) is 2.31. The number of halogens is 1. The molecule has 0 saturated carbocycles.